The lowest BCUT2D eigenvalue weighted by atomic mass is 10.3. The van der Waals surface area contributed by atoms with Gasteiger partial charge in [0.2, 0.25) is 5.91 Å². The summed E-state index contributed by atoms with van der Waals surface area (Å²) in [6.07, 6.45) is 1.69. The van der Waals surface area contributed by atoms with Crippen LogP contribution in [0.3, 0.4) is 0 Å². The van der Waals surface area contributed by atoms with Crippen molar-refractivity contribution in [1.29, 1.82) is 0 Å². The standard InChI is InChI=1S/C13H10Cl2N2OS/c14-9-4-5-10(15)11(7-9)17-12(18)8-19-13-3-1-2-6-16-13/h1-7H,8H2,(H,17,18). The number of anilines is 1. The van der Waals surface area contributed by atoms with Crippen molar-refractivity contribution in [2.24, 2.45) is 0 Å². The van der Waals surface area contributed by atoms with Gasteiger partial charge in [-0.1, -0.05) is 41.0 Å². The number of nitrogens with one attached hydrogen (secondary N) is 1. The number of rotatable bonds is 4. The van der Waals surface area contributed by atoms with Crippen LogP contribution < -0.4 is 5.32 Å². The molecule has 0 aliphatic carbocycles. The fourth-order valence-corrected chi connectivity index (χ4v) is 2.35. The molecule has 1 amide bonds. The highest BCUT2D eigenvalue weighted by Gasteiger charge is 2.07. The van der Waals surface area contributed by atoms with E-state index in [4.69, 9.17) is 23.2 Å². The minimum atomic E-state index is -0.153. The van der Waals surface area contributed by atoms with Crippen LogP contribution in [0.4, 0.5) is 5.69 Å². The highest BCUT2D eigenvalue weighted by molar-refractivity contribution is 7.99. The summed E-state index contributed by atoms with van der Waals surface area (Å²) in [6.45, 7) is 0. The maximum Gasteiger partial charge on any atom is 0.234 e. The Hall–Kier alpha value is -1.23. The van der Waals surface area contributed by atoms with Gasteiger partial charge in [0.25, 0.3) is 0 Å². The molecule has 0 spiro atoms. The Bertz CT molecular complexity index is 578. The summed E-state index contributed by atoms with van der Waals surface area (Å²) in [5.41, 5.74) is 0.515. The van der Waals surface area contributed by atoms with Crippen LogP contribution >= 0.6 is 35.0 Å². The van der Waals surface area contributed by atoms with Gasteiger partial charge in [0, 0.05) is 11.2 Å². The van der Waals surface area contributed by atoms with Crippen molar-refractivity contribution >= 4 is 46.6 Å². The zero-order valence-corrected chi connectivity index (χ0v) is 12.1. The molecule has 1 heterocycles. The third-order valence-electron chi connectivity index (χ3n) is 2.19. The van der Waals surface area contributed by atoms with Gasteiger partial charge >= 0.3 is 0 Å². The van der Waals surface area contributed by atoms with Crippen molar-refractivity contribution in [1.82, 2.24) is 4.98 Å². The normalized spacial score (nSPS) is 10.2. The van der Waals surface area contributed by atoms with E-state index in [1.54, 1.807) is 24.4 Å². The minimum Gasteiger partial charge on any atom is -0.324 e. The average molecular weight is 313 g/mol. The lowest BCUT2D eigenvalue weighted by Crippen LogP contribution is -2.14. The Morgan fingerprint density at radius 1 is 1.26 bits per heavy atom. The summed E-state index contributed by atoms with van der Waals surface area (Å²) in [5, 5.41) is 4.50. The molecule has 0 aliphatic rings. The third-order valence-corrected chi connectivity index (χ3v) is 3.70. The maximum atomic E-state index is 11.8. The molecule has 1 N–H and O–H groups in total. The Morgan fingerprint density at radius 2 is 2.11 bits per heavy atom. The lowest BCUT2D eigenvalue weighted by molar-refractivity contribution is -0.113. The number of amides is 1. The maximum absolute atomic E-state index is 11.8. The van der Waals surface area contributed by atoms with Crippen LogP contribution in [0.2, 0.25) is 10.0 Å². The molecule has 98 valence electrons. The monoisotopic (exact) mass is 312 g/mol. The van der Waals surface area contributed by atoms with E-state index in [9.17, 15) is 4.79 Å². The van der Waals surface area contributed by atoms with E-state index in [0.717, 1.165) is 5.03 Å². The number of hydrogen-bond donors (Lipinski definition) is 1. The summed E-state index contributed by atoms with van der Waals surface area (Å²) in [6, 6.07) is 10.5. The van der Waals surface area contributed by atoms with E-state index in [2.05, 4.69) is 10.3 Å². The van der Waals surface area contributed by atoms with Crippen LogP contribution in [0.15, 0.2) is 47.6 Å². The SMILES string of the molecule is O=C(CSc1ccccn1)Nc1cc(Cl)ccc1Cl. The fraction of sp³-hybridized carbons (Fsp3) is 0.0769. The van der Waals surface area contributed by atoms with Gasteiger partial charge in [-0.05, 0) is 30.3 Å². The second-order valence-electron chi connectivity index (χ2n) is 3.63. The molecule has 1 aromatic carbocycles. The van der Waals surface area contributed by atoms with Crippen LogP contribution in [0.1, 0.15) is 0 Å². The molecule has 0 radical (unpaired) electrons. The molecular weight excluding hydrogens is 303 g/mol. The zero-order valence-electron chi connectivity index (χ0n) is 9.77. The van der Waals surface area contributed by atoms with Gasteiger partial charge in [0.15, 0.2) is 0 Å². The summed E-state index contributed by atoms with van der Waals surface area (Å²) in [5.74, 6) is 0.111. The van der Waals surface area contributed by atoms with Crippen molar-refractivity contribution < 1.29 is 4.79 Å². The molecule has 1 aromatic heterocycles. The van der Waals surface area contributed by atoms with Crippen LogP contribution in [-0.4, -0.2) is 16.6 Å². The first kappa shape index (κ1) is 14.2. The Labute approximate surface area is 125 Å². The highest BCUT2D eigenvalue weighted by Crippen LogP contribution is 2.25. The molecule has 0 fully saturated rings. The van der Waals surface area contributed by atoms with Gasteiger partial charge < -0.3 is 5.32 Å². The molecule has 2 rings (SSSR count). The molecule has 2 aromatic rings. The Morgan fingerprint density at radius 3 is 2.84 bits per heavy atom. The summed E-state index contributed by atoms with van der Waals surface area (Å²) in [4.78, 5) is 15.9. The van der Waals surface area contributed by atoms with Gasteiger partial charge in [0.05, 0.1) is 21.5 Å². The quantitative estimate of drug-likeness (QED) is 0.863. The minimum absolute atomic E-state index is 0.153. The first-order chi connectivity index (χ1) is 9.15. The molecule has 0 saturated heterocycles. The second kappa shape index (κ2) is 6.80. The second-order valence-corrected chi connectivity index (χ2v) is 5.47. The first-order valence-electron chi connectivity index (χ1n) is 5.44. The van der Waals surface area contributed by atoms with Crippen molar-refractivity contribution in [2.75, 3.05) is 11.1 Å². The molecule has 0 aliphatic heterocycles. The number of carbonyl (C=O) groups excluding carboxylic acids is 1. The van der Waals surface area contributed by atoms with E-state index in [-0.39, 0.29) is 11.7 Å². The number of halogens is 2. The fourth-order valence-electron chi connectivity index (χ4n) is 1.35. The number of thioether (sulfide) groups is 1. The van der Waals surface area contributed by atoms with Crippen LogP contribution in [0.25, 0.3) is 0 Å². The van der Waals surface area contributed by atoms with E-state index in [1.807, 2.05) is 18.2 Å². The van der Waals surface area contributed by atoms with Crippen molar-refractivity contribution in [3.63, 3.8) is 0 Å². The molecule has 3 nitrogen and oxygen atoms in total. The number of benzene rings is 1. The predicted octanol–water partition coefficient (Wildman–Crippen LogP) is 4.12. The first-order valence-corrected chi connectivity index (χ1v) is 7.18. The number of nitrogens with zero attached hydrogens (tertiary/aromatic N) is 1. The van der Waals surface area contributed by atoms with Gasteiger partial charge in [-0.2, -0.15) is 0 Å². The summed E-state index contributed by atoms with van der Waals surface area (Å²) in [7, 11) is 0. The highest BCUT2D eigenvalue weighted by atomic mass is 35.5. The smallest absolute Gasteiger partial charge is 0.234 e. The number of pyridine rings is 1. The van der Waals surface area contributed by atoms with Crippen molar-refractivity contribution in [3.05, 3.63) is 52.6 Å². The molecule has 6 heteroatoms. The zero-order chi connectivity index (χ0) is 13.7. The van der Waals surface area contributed by atoms with Gasteiger partial charge in [-0.25, -0.2) is 4.98 Å². The van der Waals surface area contributed by atoms with E-state index in [1.165, 1.54) is 11.8 Å². The number of hydrogen-bond acceptors (Lipinski definition) is 3. The predicted molar refractivity (Wildman–Crippen MR) is 80.1 cm³/mol. The van der Waals surface area contributed by atoms with Crippen LogP contribution in [0.5, 0.6) is 0 Å². The topological polar surface area (TPSA) is 42.0 Å². The average Bonchev–Trinajstić information content (AvgIpc) is 2.42. The molecular formula is C13H10Cl2N2OS. The van der Waals surface area contributed by atoms with Crippen molar-refractivity contribution in [3.8, 4) is 0 Å². The Balaban J connectivity index is 1.93. The van der Waals surface area contributed by atoms with Crippen molar-refractivity contribution in [2.45, 2.75) is 5.03 Å². The molecule has 19 heavy (non-hydrogen) atoms. The third kappa shape index (κ3) is 4.42. The van der Waals surface area contributed by atoms with E-state index >= 15 is 0 Å². The number of carbonyl (C=O) groups is 1. The van der Waals surface area contributed by atoms with Gasteiger partial charge in [-0.3, -0.25) is 4.79 Å². The van der Waals surface area contributed by atoms with Gasteiger partial charge in [0.1, 0.15) is 0 Å². The summed E-state index contributed by atoms with van der Waals surface area (Å²) < 4.78 is 0. The van der Waals surface area contributed by atoms with Gasteiger partial charge in [-0.15, -0.1) is 0 Å². The van der Waals surface area contributed by atoms with E-state index < -0.39 is 0 Å². The lowest BCUT2D eigenvalue weighted by Gasteiger charge is -2.07. The van der Waals surface area contributed by atoms with Crippen LogP contribution in [-0.2, 0) is 4.79 Å². The molecule has 0 bridgehead atoms. The Kier molecular flexibility index (Phi) is 5.07. The molecule has 0 unspecified atom stereocenters. The molecule has 0 saturated carbocycles. The summed E-state index contributed by atoms with van der Waals surface area (Å²) >= 11 is 13.2. The molecule has 0 atom stereocenters. The van der Waals surface area contributed by atoms with Crippen LogP contribution in [0, 0.1) is 0 Å². The largest absolute Gasteiger partial charge is 0.324 e. The van der Waals surface area contributed by atoms with E-state index in [0.29, 0.717) is 15.7 Å². The number of aromatic nitrogens is 1.